The summed E-state index contributed by atoms with van der Waals surface area (Å²) in [5.74, 6) is 0.765. The number of aromatic nitrogens is 1. The fraction of sp³-hybridized carbons (Fsp3) is 0.318. The Morgan fingerprint density at radius 2 is 1.67 bits per heavy atom. The summed E-state index contributed by atoms with van der Waals surface area (Å²) in [6, 6.07) is 18.2. The molecule has 1 fully saturated rings. The van der Waals surface area contributed by atoms with Gasteiger partial charge in [0.25, 0.3) is 0 Å². The average molecular weight is 382 g/mol. The van der Waals surface area contributed by atoms with Crippen LogP contribution in [0.4, 0.5) is 0 Å². The second-order valence-electron chi connectivity index (χ2n) is 6.89. The number of halogens is 1. The van der Waals surface area contributed by atoms with Gasteiger partial charge in [0.15, 0.2) is 0 Å². The third-order valence-electron chi connectivity index (χ3n) is 5.08. The van der Waals surface area contributed by atoms with Gasteiger partial charge in [0.05, 0.1) is 10.5 Å². The highest BCUT2D eigenvalue weighted by molar-refractivity contribution is 6.32. The van der Waals surface area contributed by atoms with Crippen molar-refractivity contribution in [2.75, 3.05) is 39.3 Å². The van der Waals surface area contributed by atoms with Crippen LogP contribution in [0.2, 0.25) is 5.02 Å². The van der Waals surface area contributed by atoms with Crippen LogP contribution in [0.5, 0.6) is 5.75 Å². The van der Waals surface area contributed by atoms with E-state index in [4.69, 9.17) is 16.3 Å². The van der Waals surface area contributed by atoms with Crippen molar-refractivity contribution in [2.45, 2.75) is 6.54 Å². The summed E-state index contributed by atoms with van der Waals surface area (Å²) < 4.78 is 5.81. The van der Waals surface area contributed by atoms with E-state index >= 15 is 0 Å². The molecule has 1 aliphatic heterocycles. The van der Waals surface area contributed by atoms with Gasteiger partial charge in [-0.25, -0.2) is 0 Å². The van der Waals surface area contributed by atoms with Gasteiger partial charge >= 0.3 is 0 Å². The van der Waals surface area contributed by atoms with E-state index in [0.29, 0.717) is 11.6 Å². The lowest BCUT2D eigenvalue weighted by Gasteiger charge is -2.34. The predicted molar refractivity (Wildman–Crippen MR) is 110 cm³/mol. The zero-order valence-electron chi connectivity index (χ0n) is 15.4. The van der Waals surface area contributed by atoms with E-state index < -0.39 is 0 Å². The first-order chi connectivity index (χ1) is 13.3. The first-order valence-corrected chi connectivity index (χ1v) is 9.82. The van der Waals surface area contributed by atoms with Crippen LogP contribution in [0, 0.1) is 0 Å². The van der Waals surface area contributed by atoms with Crippen molar-refractivity contribution >= 4 is 22.5 Å². The molecule has 1 saturated heterocycles. The molecule has 0 bridgehead atoms. The Morgan fingerprint density at radius 1 is 0.889 bits per heavy atom. The molecule has 0 atom stereocenters. The van der Waals surface area contributed by atoms with Crippen LogP contribution < -0.4 is 4.74 Å². The van der Waals surface area contributed by atoms with Gasteiger partial charge in [0, 0.05) is 50.9 Å². The first-order valence-electron chi connectivity index (χ1n) is 9.44. The van der Waals surface area contributed by atoms with Gasteiger partial charge in [-0.05, 0) is 23.8 Å². The van der Waals surface area contributed by atoms with E-state index in [9.17, 15) is 0 Å². The SMILES string of the molecule is Clc1ccccc1OCCN1CCN(Cc2cccc3cccnc23)CC1. The van der Waals surface area contributed by atoms with Crippen molar-refractivity contribution in [1.29, 1.82) is 0 Å². The summed E-state index contributed by atoms with van der Waals surface area (Å²) in [6.45, 7) is 6.79. The molecular formula is C22H24ClN3O. The number of pyridine rings is 1. The third kappa shape index (κ3) is 4.59. The summed E-state index contributed by atoms with van der Waals surface area (Å²) in [5, 5.41) is 1.89. The zero-order valence-corrected chi connectivity index (χ0v) is 16.1. The molecule has 4 nitrogen and oxygen atoms in total. The minimum Gasteiger partial charge on any atom is -0.491 e. The van der Waals surface area contributed by atoms with Crippen molar-refractivity contribution in [2.24, 2.45) is 0 Å². The maximum absolute atomic E-state index is 6.13. The van der Waals surface area contributed by atoms with Gasteiger partial charge in [0.2, 0.25) is 0 Å². The Bertz CT molecular complexity index is 888. The van der Waals surface area contributed by atoms with Crippen LogP contribution in [0.1, 0.15) is 5.56 Å². The zero-order chi connectivity index (χ0) is 18.5. The van der Waals surface area contributed by atoms with E-state index in [1.165, 1.54) is 10.9 Å². The number of nitrogens with zero attached hydrogens (tertiary/aromatic N) is 3. The van der Waals surface area contributed by atoms with Crippen molar-refractivity contribution in [1.82, 2.24) is 14.8 Å². The lowest BCUT2D eigenvalue weighted by molar-refractivity contribution is 0.113. The number of benzene rings is 2. The van der Waals surface area contributed by atoms with Crippen molar-refractivity contribution in [3.05, 3.63) is 71.4 Å². The third-order valence-corrected chi connectivity index (χ3v) is 5.39. The molecule has 5 heteroatoms. The van der Waals surface area contributed by atoms with Crippen molar-refractivity contribution < 1.29 is 4.74 Å². The summed E-state index contributed by atoms with van der Waals surface area (Å²) in [5.41, 5.74) is 2.43. The second-order valence-corrected chi connectivity index (χ2v) is 7.30. The molecule has 2 heterocycles. The quantitative estimate of drug-likeness (QED) is 0.643. The molecule has 3 aromatic rings. The second kappa shape index (κ2) is 8.70. The Labute approximate surface area is 165 Å². The molecule has 0 aliphatic carbocycles. The van der Waals surface area contributed by atoms with Gasteiger partial charge in [-0.1, -0.05) is 48.0 Å². The minimum atomic E-state index is 0.664. The monoisotopic (exact) mass is 381 g/mol. The molecule has 140 valence electrons. The van der Waals surface area contributed by atoms with Crippen molar-refractivity contribution in [3.63, 3.8) is 0 Å². The summed E-state index contributed by atoms with van der Waals surface area (Å²) in [6.07, 6.45) is 1.88. The van der Waals surface area contributed by atoms with E-state index in [1.54, 1.807) is 0 Å². The van der Waals surface area contributed by atoms with Crippen molar-refractivity contribution in [3.8, 4) is 5.75 Å². The summed E-state index contributed by atoms with van der Waals surface area (Å²) in [4.78, 5) is 9.54. The summed E-state index contributed by atoms with van der Waals surface area (Å²) in [7, 11) is 0. The fourth-order valence-corrected chi connectivity index (χ4v) is 3.74. The lowest BCUT2D eigenvalue weighted by Crippen LogP contribution is -2.47. The van der Waals surface area contributed by atoms with E-state index in [1.807, 2.05) is 36.5 Å². The number of fused-ring (bicyclic) bond motifs is 1. The minimum absolute atomic E-state index is 0.664. The van der Waals surface area contributed by atoms with Gasteiger partial charge in [-0.2, -0.15) is 0 Å². The first kappa shape index (κ1) is 18.2. The Balaban J connectivity index is 1.26. The molecule has 0 unspecified atom stereocenters. The van der Waals surface area contributed by atoms with Crippen LogP contribution in [0.25, 0.3) is 10.9 Å². The fourth-order valence-electron chi connectivity index (χ4n) is 3.55. The molecule has 1 aromatic heterocycles. The maximum atomic E-state index is 6.13. The maximum Gasteiger partial charge on any atom is 0.137 e. The normalized spacial score (nSPS) is 15.9. The predicted octanol–water partition coefficient (Wildman–Crippen LogP) is 4.08. The Morgan fingerprint density at radius 3 is 2.52 bits per heavy atom. The lowest BCUT2D eigenvalue weighted by atomic mass is 10.1. The molecule has 0 amide bonds. The highest BCUT2D eigenvalue weighted by Gasteiger charge is 2.17. The van der Waals surface area contributed by atoms with Gasteiger partial charge in [-0.3, -0.25) is 14.8 Å². The number of ether oxygens (including phenoxy) is 1. The molecule has 0 spiro atoms. The average Bonchev–Trinajstić information content (AvgIpc) is 2.71. The van der Waals surface area contributed by atoms with E-state index in [-0.39, 0.29) is 0 Å². The molecule has 0 radical (unpaired) electrons. The molecule has 0 N–H and O–H groups in total. The van der Waals surface area contributed by atoms with Crippen LogP contribution in [-0.2, 0) is 6.54 Å². The molecular weight excluding hydrogens is 358 g/mol. The van der Waals surface area contributed by atoms with Gasteiger partial charge in [0.1, 0.15) is 12.4 Å². The van der Waals surface area contributed by atoms with Crippen LogP contribution in [0.15, 0.2) is 60.8 Å². The molecule has 2 aromatic carbocycles. The number of hydrogen-bond acceptors (Lipinski definition) is 4. The van der Waals surface area contributed by atoms with Crippen LogP contribution in [0.3, 0.4) is 0 Å². The number of hydrogen-bond donors (Lipinski definition) is 0. The number of rotatable bonds is 6. The number of piperazine rings is 1. The molecule has 0 saturated carbocycles. The Kier molecular flexibility index (Phi) is 5.87. The molecule has 4 rings (SSSR count). The van der Waals surface area contributed by atoms with E-state index in [2.05, 4.69) is 39.0 Å². The highest BCUT2D eigenvalue weighted by Crippen LogP contribution is 2.23. The highest BCUT2D eigenvalue weighted by atomic mass is 35.5. The summed E-state index contributed by atoms with van der Waals surface area (Å²) >= 11 is 6.13. The van der Waals surface area contributed by atoms with Gasteiger partial charge < -0.3 is 4.74 Å². The molecule has 1 aliphatic rings. The number of para-hydroxylation sites is 2. The molecule has 27 heavy (non-hydrogen) atoms. The van der Waals surface area contributed by atoms with Crippen LogP contribution >= 0.6 is 11.6 Å². The Hall–Kier alpha value is -2.14. The standard InChI is InChI=1S/C22H24ClN3O/c23-20-8-1-2-9-21(20)27-16-15-25-11-13-26(14-12-25)17-19-6-3-5-18-7-4-10-24-22(18)19/h1-10H,11-17H2. The van der Waals surface area contributed by atoms with Gasteiger partial charge in [-0.15, -0.1) is 0 Å². The van der Waals surface area contributed by atoms with Crippen LogP contribution in [-0.4, -0.2) is 54.1 Å². The topological polar surface area (TPSA) is 28.6 Å². The smallest absolute Gasteiger partial charge is 0.137 e. The van der Waals surface area contributed by atoms with E-state index in [0.717, 1.165) is 50.5 Å². The largest absolute Gasteiger partial charge is 0.491 e.